The molecule has 1 aliphatic rings. The number of nitrogens with two attached hydrogens (primary N) is 1. The molecule has 1 rings (SSSR count). The number of esters is 1. The van der Waals surface area contributed by atoms with Crippen LogP contribution in [0.3, 0.4) is 0 Å². The highest BCUT2D eigenvalue weighted by Gasteiger charge is 2.48. The van der Waals surface area contributed by atoms with Crippen molar-refractivity contribution in [3.63, 3.8) is 0 Å². The van der Waals surface area contributed by atoms with Crippen molar-refractivity contribution in [2.75, 3.05) is 13.2 Å². The van der Waals surface area contributed by atoms with Gasteiger partial charge in [0, 0.05) is 6.54 Å². The van der Waals surface area contributed by atoms with E-state index in [4.69, 9.17) is 15.2 Å². The minimum atomic E-state index is -0.801. The molecule has 14 heavy (non-hydrogen) atoms. The van der Waals surface area contributed by atoms with Gasteiger partial charge in [0.1, 0.15) is 0 Å². The zero-order chi connectivity index (χ0) is 10.8. The summed E-state index contributed by atoms with van der Waals surface area (Å²) in [5.74, 6) is -0.280. The molecular formula is C10H19NO3. The molecule has 0 spiro atoms. The molecule has 4 heteroatoms. The smallest absolute Gasteiger partial charge is 0.338 e. The molecule has 2 atom stereocenters. The molecule has 0 aliphatic carbocycles. The average Bonchev–Trinajstić information content (AvgIpc) is 2.46. The fourth-order valence-corrected chi connectivity index (χ4v) is 1.72. The third kappa shape index (κ3) is 2.07. The van der Waals surface area contributed by atoms with Gasteiger partial charge in [-0.15, -0.1) is 0 Å². The molecule has 1 fully saturated rings. The fourth-order valence-electron chi connectivity index (χ4n) is 1.72. The maximum atomic E-state index is 11.6. The van der Waals surface area contributed by atoms with Gasteiger partial charge in [-0.1, -0.05) is 0 Å². The SMILES string of the molecule is CCOC(=O)C1(C)CCC(C)(CN)O1. The van der Waals surface area contributed by atoms with Crippen molar-refractivity contribution in [2.24, 2.45) is 5.73 Å². The normalized spacial score (nSPS) is 37.1. The molecule has 1 aliphatic heterocycles. The third-order valence-electron chi connectivity index (χ3n) is 2.74. The molecule has 4 nitrogen and oxygen atoms in total. The van der Waals surface area contributed by atoms with Crippen molar-refractivity contribution >= 4 is 5.97 Å². The molecule has 82 valence electrons. The zero-order valence-corrected chi connectivity index (χ0v) is 9.13. The lowest BCUT2D eigenvalue weighted by Gasteiger charge is -2.27. The predicted molar refractivity (Wildman–Crippen MR) is 52.8 cm³/mol. The highest BCUT2D eigenvalue weighted by atomic mass is 16.6. The minimum absolute atomic E-state index is 0.280. The van der Waals surface area contributed by atoms with E-state index in [1.54, 1.807) is 13.8 Å². The zero-order valence-electron chi connectivity index (χ0n) is 9.13. The summed E-state index contributed by atoms with van der Waals surface area (Å²) in [6, 6.07) is 0. The van der Waals surface area contributed by atoms with E-state index in [9.17, 15) is 4.79 Å². The van der Waals surface area contributed by atoms with Crippen LogP contribution >= 0.6 is 0 Å². The van der Waals surface area contributed by atoms with Crippen LogP contribution in [-0.2, 0) is 14.3 Å². The van der Waals surface area contributed by atoms with E-state index >= 15 is 0 Å². The predicted octanol–water partition coefficient (Wildman–Crippen LogP) is 0.836. The van der Waals surface area contributed by atoms with Crippen LogP contribution in [0.25, 0.3) is 0 Å². The molecule has 0 bridgehead atoms. The van der Waals surface area contributed by atoms with Gasteiger partial charge < -0.3 is 15.2 Å². The molecule has 0 radical (unpaired) electrons. The summed E-state index contributed by atoms with van der Waals surface area (Å²) in [7, 11) is 0. The largest absolute Gasteiger partial charge is 0.464 e. The third-order valence-corrected chi connectivity index (χ3v) is 2.74. The number of carbonyl (C=O) groups is 1. The molecule has 1 saturated heterocycles. The minimum Gasteiger partial charge on any atom is -0.464 e. The van der Waals surface area contributed by atoms with Crippen molar-refractivity contribution in [2.45, 2.75) is 44.8 Å². The summed E-state index contributed by atoms with van der Waals surface area (Å²) >= 11 is 0. The second kappa shape index (κ2) is 3.87. The van der Waals surface area contributed by atoms with Crippen LogP contribution in [0.1, 0.15) is 33.6 Å². The first-order valence-corrected chi connectivity index (χ1v) is 5.03. The molecule has 0 aromatic carbocycles. The highest BCUT2D eigenvalue weighted by molar-refractivity contribution is 5.79. The van der Waals surface area contributed by atoms with Crippen molar-refractivity contribution in [1.82, 2.24) is 0 Å². The first kappa shape index (κ1) is 11.5. The lowest BCUT2D eigenvalue weighted by Crippen LogP contribution is -2.42. The quantitative estimate of drug-likeness (QED) is 0.687. The van der Waals surface area contributed by atoms with E-state index in [0.29, 0.717) is 19.6 Å². The van der Waals surface area contributed by atoms with Gasteiger partial charge in [0.2, 0.25) is 0 Å². The van der Waals surface area contributed by atoms with Gasteiger partial charge in [-0.2, -0.15) is 0 Å². The average molecular weight is 201 g/mol. The van der Waals surface area contributed by atoms with Crippen molar-refractivity contribution in [3.05, 3.63) is 0 Å². The molecule has 0 aromatic rings. The Hall–Kier alpha value is -0.610. The Morgan fingerprint density at radius 1 is 1.50 bits per heavy atom. The van der Waals surface area contributed by atoms with Gasteiger partial charge in [-0.3, -0.25) is 0 Å². The second-order valence-corrected chi connectivity index (χ2v) is 4.21. The Labute approximate surface area is 84.7 Å². The summed E-state index contributed by atoms with van der Waals surface area (Å²) < 4.78 is 10.7. The summed E-state index contributed by atoms with van der Waals surface area (Å²) in [5, 5.41) is 0. The monoisotopic (exact) mass is 201 g/mol. The Morgan fingerprint density at radius 3 is 2.57 bits per heavy atom. The van der Waals surface area contributed by atoms with Gasteiger partial charge in [-0.25, -0.2) is 4.79 Å². The van der Waals surface area contributed by atoms with Gasteiger partial charge >= 0.3 is 5.97 Å². The summed E-state index contributed by atoms with van der Waals surface area (Å²) in [5.41, 5.74) is 4.41. The number of ether oxygens (including phenoxy) is 2. The van der Waals surface area contributed by atoms with Crippen LogP contribution in [0.4, 0.5) is 0 Å². The molecule has 0 saturated carbocycles. The lowest BCUT2D eigenvalue weighted by atomic mass is 9.98. The topological polar surface area (TPSA) is 61.5 Å². The van der Waals surface area contributed by atoms with Crippen molar-refractivity contribution in [1.29, 1.82) is 0 Å². The highest BCUT2D eigenvalue weighted by Crippen LogP contribution is 2.37. The molecular weight excluding hydrogens is 182 g/mol. The van der Waals surface area contributed by atoms with E-state index in [0.717, 1.165) is 6.42 Å². The van der Waals surface area contributed by atoms with Crippen LogP contribution in [0.2, 0.25) is 0 Å². The van der Waals surface area contributed by atoms with Crippen LogP contribution in [-0.4, -0.2) is 30.3 Å². The van der Waals surface area contributed by atoms with Crippen LogP contribution < -0.4 is 5.73 Å². The number of hydrogen-bond donors (Lipinski definition) is 1. The first-order valence-electron chi connectivity index (χ1n) is 5.03. The lowest BCUT2D eigenvalue weighted by molar-refractivity contribution is -0.174. The molecule has 2 N–H and O–H groups in total. The number of hydrogen-bond acceptors (Lipinski definition) is 4. The maximum Gasteiger partial charge on any atom is 0.338 e. The van der Waals surface area contributed by atoms with E-state index in [1.807, 2.05) is 6.92 Å². The fraction of sp³-hybridized carbons (Fsp3) is 0.900. The second-order valence-electron chi connectivity index (χ2n) is 4.21. The Morgan fingerprint density at radius 2 is 2.14 bits per heavy atom. The van der Waals surface area contributed by atoms with Crippen LogP contribution in [0.5, 0.6) is 0 Å². The molecule has 0 aromatic heterocycles. The molecule has 0 amide bonds. The van der Waals surface area contributed by atoms with E-state index in [1.165, 1.54) is 0 Å². The van der Waals surface area contributed by atoms with E-state index in [2.05, 4.69) is 0 Å². The number of carbonyl (C=O) groups excluding carboxylic acids is 1. The van der Waals surface area contributed by atoms with Gasteiger partial charge in [0.15, 0.2) is 5.60 Å². The Balaban J connectivity index is 2.66. The maximum absolute atomic E-state index is 11.6. The standard InChI is InChI=1S/C10H19NO3/c1-4-13-8(12)10(3)6-5-9(2,7-11)14-10/h4-7,11H2,1-3H3. The van der Waals surface area contributed by atoms with Crippen molar-refractivity contribution < 1.29 is 14.3 Å². The van der Waals surface area contributed by atoms with E-state index < -0.39 is 5.60 Å². The first-order chi connectivity index (χ1) is 6.46. The van der Waals surface area contributed by atoms with Gasteiger partial charge in [0.25, 0.3) is 0 Å². The summed E-state index contributed by atoms with van der Waals surface area (Å²) in [4.78, 5) is 11.6. The van der Waals surface area contributed by atoms with Crippen LogP contribution in [0, 0.1) is 0 Å². The summed E-state index contributed by atoms with van der Waals surface area (Å²) in [6.07, 6.45) is 1.48. The van der Waals surface area contributed by atoms with Crippen molar-refractivity contribution in [3.8, 4) is 0 Å². The van der Waals surface area contributed by atoms with Gasteiger partial charge in [0.05, 0.1) is 12.2 Å². The van der Waals surface area contributed by atoms with E-state index in [-0.39, 0.29) is 11.6 Å². The molecule has 2 unspecified atom stereocenters. The summed E-state index contributed by atoms with van der Waals surface area (Å²) in [6.45, 7) is 6.31. The van der Waals surface area contributed by atoms with Gasteiger partial charge in [-0.05, 0) is 33.6 Å². The number of rotatable bonds is 3. The Bertz CT molecular complexity index is 231. The Kier molecular flexibility index (Phi) is 3.17. The van der Waals surface area contributed by atoms with Crippen LogP contribution in [0.15, 0.2) is 0 Å². The molecule has 1 heterocycles.